The zero-order valence-corrected chi connectivity index (χ0v) is 18.2. The number of anilines is 1. The molecule has 3 amide bonds. The molecule has 2 heterocycles. The molecule has 1 aromatic rings. The predicted molar refractivity (Wildman–Crippen MR) is 98.3 cm³/mol. The van der Waals surface area contributed by atoms with Gasteiger partial charge >= 0.3 is 10.3 Å². The number of carbonyl (C=O) groups is 3. The fourth-order valence-electron chi connectivity index (χ4n) is 2.18. The van der Waals surface area contributed by atoms with Crippen molar-refractivity contribution < 1.29 is 32.2 Å². The van der Waals surface area contributed by atoms with Gasteiger partial charge in [0.15, 0.2) is 10.8 Å². The number of rotatable bonds is 7. The van der Waals surface area contributed by atoms with Crippen LogP contribution in [0.5, 0.6) is 0 Å². The van der Waals surface area contributed by atoms with E-state index in [2.05, 4.69) is 20.3 Å². The van der Waals surface area contributed by atoms with Crippen LogP contribution in [0.3, 0.4) is 0 Å². The number of hydrogen-bond donors (Lipinski definition) is 4. The largest absolute Gasteiger partial charge is 0.398 e. The number of β-lactam (4-membered cyclic amide) rings is 1. The van der Waals surface area contributed by atoms with Gasteiger partial charge in [-0.3, -0.25) is 18.9 Å². The summed E-state index contributed by atoms with van der Waals surface area (Å²) < 4.78 is 31.8. The van der Waals surface area contributed by atoms with E-state index in [1.54, 1.807) is 0 Å². The standard InChI is InChI=1S/C12H14N6O7S2.Na/c1-25-17-8(5-4-26-12(14)15-5)10(20)16-9-6(2-3-7(13)19)18(11(9)21)27(22,23)24;/h2-4,6,9H,1H3,(H2,13,19)(H2,14,15)(H,16,20)(H,22,23,24);/t6-,9-;/m0./s1. The summed E-state index contributed by atoms with van der Waals surface area (Å²) in [6, 6.07) is -2.78. The fraction of sp³-hybridized carbons (Fsp3) is 0.250. The zero-order chi connectivity index (χ0) is 20.4. The van der Waals surface area contributed by atoms with E-state index in [4.69, 9.17) is 16.0 Å². The minimum absolute atomic E-state index is 0. The summed E-state index contributed by atoms with van der Waals surface area (Å²) in [5.74, 6) is -2.97. The van der Waals surface area contributed by atoms with E-state index in [0.717, 1.165) is 23.5 Å². The summed E-state index contributed by atoms with van der Waals surface area (Å²) in [6.45, 7) is 0. The number of amides is 3. The van der Waals surface area contributed by atoms with Crippen LogP contribution in [0.1, 0.15) is 5.69 Å². The number of oxime groups is 1. The van der Waals surface area contributed by atoms with Gasteiger partial charge in [-0.15, -0.1) is 11.3 Å². The van der Waals surface area contributed by atoms with Crippen molar-refractivity contribution in [2.45, 2.75) is 12.1 Å². The van der Waals surface area contributed by atoms with E-state index in [0.29, 0.717) is 0 Å². The van der Waals surface area contributed by atoms with Crippen molar-refractivity contribution in [2.24, 2.45) is 10.9 Å². The molecule has 0 aromatic carbocycles. The molecular formula is C12H14N6NaO7S2. The first-order chi connectivity index (χ1) is 12.6. The Hall–Kier alpha value is -2.04. The Labute approximate surface area is 184 Å². The number of aromatic nitrogens is 1. The number of nitrogen functional groups attached to an aromatic ring is 1. The molecule has 1 aromatic heterocycles. The topological polar surface area (TPSA) is 207 Å². The Balaban J connectivity index is 0.00000392. The summed E-state index contributed by atoms with van der Waals surface area (Å²) in [6.07, 6.45) is 1.75. The number of nitrogens with two attached hydrogens (primary N) is 2. The van der Waals surface area contributed by atoms with E-state index >= 15 is 0 Å². The summed E-state index contributed by atoms with van der Waals surface area (Å²) >= 11 is 1.03. The van der Waals surface area contributed by atoms with Gasteiger partial charge in [0.1, 0.15) is 18.8 Å². The normalized spacial score (nSPS) is 19.7. The van der Waals surface area contributed by atoms with Gasteiger partial charge in [-0.2, -0.15) is 8.42 Å². The number of thiazole rings is 1. The Kier molecular flexibility index (Phi) is 8.09. The van der Waals surface area contributed by atoms with Gasteiger partial charge in [-0.25, -0.2) is 9.29 Å². The van der Waals surface area contributed by atoms with E-state index < -0.39 is 40.1 Å². The number of nitrogens with zero attached hydrogens (tertiary/aromatic N) is 3. The molecule has 16 heteroatoms. The van der Waals surface area contributed by atoms with Crippen molar-refractivity contribution in [1.82, 2.24) is 14.6 Å². The van der Waals surface area contributed by atoms with Gasteiger partial charge in [0.25, 0.3) is 11.8 Å². The van der Waals surface area contributed by atoms with Gasteiger partial charge in [-0.1, -0.05) is 11.2 Å². The maximum absolute atomic E-state index is 12.4. The van der Waals surface area contributed by atoms with E-state index in [1.807, 2.05) is 0 Å². The fourth-order valence-corrected chi connectivity index (χ4v) is 3.57. The minimum atomic E-state index is -4.91. The maximum Gasteiger partial charge on any atom is 0.362 e. The first-order valence-corrected chi connectivity index (χ1v) is 9.25. The molecule has 1 saturated heterocycles. The summed E-state index contributed by atoms with van der Waals surface area (Å²) in [7, 11) is -3.74. The molecule has 0 saturated carbocycles. The molecule has 6 N–H and O–H groups in total. The van der Waals surface area contributed by atoms with Crippen LogP contribution >= 0.6 is 11.3 Å². The molecule has 0 spiro atoms. The van der Waals surface area contributed by atoms with Crippen LogP contribution < -0.4 is 16.8 Å². The van der Waals surface area contributed by atoms with Crippen molar-refractivity contribution >= 4 is 79.8 Å². The van der Waals surface area contributed by atoms with Crippen LogP contribution in [0.4, 0.5) is 5.13 Å². The third-order valence-electron chi connectivity index (χ3n) is 3.25. The van der Waals surface area contributed by atoms with Crippen molar-refractivity contribution in [3.63, 3.8) is 0 Å². The second-order valence-corrected chi connectivity index (χ2v) is 7.19. The Morgan fingerprint density at radius 1 is 1.50 bits per heavy atom. The minimum Gasteiger partial charge on any atom is -0.398 e. The summed E-state index contributed by atoms with van der Waals surface area (Å²) in [4.78, 5) is 43.8. The Morgan fingerprint density at radius 3 is 2.61 bits per heavy atom. The van der Waals surface area contributed by atoms with Crippen LogP contribution in [0.15, 0.2) is 22.7 Å². The molecule has 2 atom stereocenters. The average molecular weight is 441 g/mol. The van der Waals surface area contributed by atoms with Crippen molar-refractivity contribution in [1.29, 1.82) is 0 Å². The Bertz CT molecular complexity index is 944. The molecule has 1 fully saturated rings. The molecule has 2 rings (SSSR count). The van der Waals surface area contributed by atoms with Gasteiger partial charge in [0.2, 0.25) is 5.91 Å². The molecule has 1 aliphatic rings. The van der Waals surface area contributed by atoms with Gasteiger partial charge in [-0.05, 0) is 0 Å². The van der Waals surface area contributed by atoms with Crippen LogP contribution in [0.2, 0.25) is 0 Å². The van der Waals surface area contributed by atoms with E-state index in [-0.39, 0.29) is 50.4 Å². The molecule has 0 bridgehead atoms. The van der Waals surface area contributed by atoms with Crippen LogP contribution in [0, 0.1) is 0 Å². The molecule has 1 aliphatic heterocycles. The van der Waals surface area contributed by atoms with Crippen molar-refractivity contribution in [3.05, 3.63) is 23.2 Å². The number of primary amides is 1. The van der Waals surface area contributed by atoms with E-state index in [9.17, 15) is 22.8 Å². The number of nitrogens with one attached hydrogen (secondary N) is 1. The third-order valence-corrected chi connectivity index (χ3v) is 4.85. The molecule has 0 aliphatic carbocycles. The molecule has 147 valence electrons. The SMILES string of the molecule is CON=C(C(=O)N[C@@H]1C(=O)N(S(=O)(=O)O)[C@H]1C=CC(N)=O)c1csc(N)n1.[Na]. The van der Waals surface area contributed by atoms with Crippen LogP contribution in [-0.2, 0) is 29.5 Å². The summed E-state index contributed by atoms with van der Waals surface area (Å²) in [5.41, 5.74) is 10.2. The van der Waals surface area contributed by atoms with Crippen molar-refractivity contribution in [2.75, 3.05) is 12.8 Å². The van der Waals surface area contributed by atoms with Crippen LogP contribution in [-0.4, -0.2) is 94.4 Å². The Morgan fingerprint density at radius 2 is 2.14 bits per heavy atom. The van der Waals surface area contributed by atoms with Gasteiger partial charge in [0, 0.05) is 41.0 Å². The van der Waals surface area contributed by atoms with Crippen molar-refractivity contribution in [3.8, 4) is 0 Å². The third kappa shape index (κ3) is 5.27. The smallest absolute Gasteiger partial charge is 0.362 e. The molecule has 1 radical (unpaired) electrons. The van der Waals surface area contributed by atoms with Gasteiger partial charge < -0.3 is 21.6 Å². The molecule has 13 nitrogen and oxygen atoms in total. The quantitative estimate of drug-likeness (QED) is 0.0861. The summed E-state index contributed by atoms with van der Waals surface area (Å²) in [5, 5.41) is 7.33. The zero-order valence-electron chi connectivity index (χ0n) is 14.6. The second-order valence-electron chi connectivity index (χ2n) is 5.01. The molecule has 28 heavy (non-hydrogen) atoms. The molecule has 0 unspecified atom stereocenters. The van der Waals surface area contributed by atoms with Crippen LogP contribution in [0.25, 0.3) is 0 Å². The first-order valence-electron chi connectivity index (χ1n) is 6.98. The monoisotopic (exact) mass is 441 g/mol. The second kappa shape index (κ2) is 9.44. The van der Waals surface area contributed by atoms with E-state index in [1.165, 1.54) is 12.5 Å². The predicted octanol–water partition coefficient (Wildman–Crippen LogP) is -2.77. The molecular weight excluding hydrogens is 427 g/mol. The average Bonchev–Trinajstić information content (AvgIpc) is 2.98. The number of carbonyl (C=O) groups excluding carboxylic acids is 3. The van der Waals surface area contributed by atoms with Gasteiger partial charge in [0.05, 0.1) is 6.04 Å². The first kappa shape index (κ1) is 24.0. The number of hydrogen-bond acceptors (Lipinski definition) is 10. The maximum atomic E-state index is 12.4.